The third-order valence-corrected chi connectivity index (χ3v) is 12.4. The fraction of sp³-hybridized carbons (Fsp3) is 0.440. The van der Waals surface area contributed by atoms with Crippen LogP contribution in [0.1, 0.15) is 123 Å². The molecule has 1 saturated carbocycles. The summed E-state index contributed by atoms with van der Waals surface area (Å²) in [5, 5.41) is 27.4. The van der Waals surface area contributed by atoms with E-state index in [1.807, 2.05) is 18.2 Å². The molecule has 0 spiro atoms. The number of halogens is 5. The molecule has 0 radical (unpaired) electrons. The standard InChI is InChI=1S/C10H10F2O.3C10H11FO.C10H12O/c11-10(12)8-4-2-1-3-7(8)5-6-9(10)13;11-10-5-2-1-3-8(10)7-9(12)4-6-10;11-9-5-7-3-1-2-4-8(7)6-10(9)12;11-10-8-4-2-1-3-7(8)5-6-9(10)12;11-10-6-5-8-3-1-2-4-9(8)7-10/h5-6H,1-4H2;4,6-7H,1-3,5H2;2*5-6,12H,1-4H2;5-7,11H,1-4H2/t;10-;;;/m.1.../s1. The van der Waals surface area contributed by atoms with Crippen molar-refractivity contribution in [2.45, 2.75) is 140 Å². The van der Waals surface area contributed by atoms with E-state index in [4.69, 9.17) is 10.2 Å². The van der Waals surface area contributed by atoms with Gasteiger partial charge in [0.15, 0.2) is 34.6 Å². The van der Waals surface area contributed by atoms with E-state index in [2.05, 4.69) is 0 Å². The maximum Gasteiger partial charge on any atom is 0.331 e. The van der Waals surface area contributed by atoms with Crippen molar-refractivity contribution in [1.29, 1.82) is 0 Å². The Balaban J connectivity index is 0.000000126. The van der Waals surface area contributed by atoms with Crippen LogP contribution in [0, 0.1) is 11.6 Å². The Hall–Kier alpha value is -4.99. The Morgan fingerprint density at radius 3 is 1.85 bits per heavy atom. The van der Waals surface area contributed by atoms with Crippen LogP contribution in [0.3, 0.4) is 0 Å². The number of phenolic OH excluding ortho intramolecular Hbond substituents is 3. The first-order valence-electron chi connectivity index (χ1n) is 21.5. The number of carbonyl (C=O) groups is 2. The number of phenols is 3. The quantitative estimate of drug-likeness (QED) is 0.196. The summed E-state index contributed by atoms with van der Waals surface area (Å²) < 4.78 is 66.5. The molecule has 7 aliphatic rings. The first-order valence-corrected chi connectivity index (χ1v) is 21.5. The number of allylic oxidation sites excluding steroid dienone is 8. The van der Waals surface area contributed by atoms with Crippen molar-refractivity contribution in [3.05, 3.63) is 135 Å². The number of aryl methyl sites for hydroxylation is 5. The van der Waals surface area contributed by atoms with E-state index >= 15 is 0 Å². The van der Waals surface area contributed by atoms with E-state index in [0.717, 1.165) is 118 Å². The van der Waals surface area contributed by atoms with Crippen molar-refractivity contribution in [3.8, 4) is 17.2 Å². The second-order valence-corrected chi connectivity index (χ2v) is 16.6. The van der Waals surface area contributed by atoms with Gasteiger partial charge in [0.2, 0.25) is 5.78 Å². The van der Waals surface area contributed by atoms with E-state index in [-0.39, 0.29) is 22.9 Å². The molecule has 3 aromatic rings. The summed E-state index contributed by atoms with van der Waals surface area (Å²) in [7, 11) is 0. The van der Waals surface area contributed by atoms with Crippen LogP contribution in [0.4, 0.5) is 22.0 Å². The van der Waals surface area contributed by atoms with E-state index in [1.165, 1.54) is 60.8 Å². The highest BCUT2D eigenvalue weighted by Crippen LogP contribution is 2.41. The number of carbonyl (C=O) groups excluding carboxylic acids is 2. The molecule has 0 aromatic heterocycles. The van der Waals surface area contributed by atoms with Crippen molar-refractivity contribution in [3.63, 3.8) is 0 Å². The monoisotopic (exact) mass is 830 g/mol. The molecule has 1 fully saturated rings. The molecule has 10 heteroatoms. The minimum absolute atomic E-state index is 0.0613. The smallest absolute Gasteiger partial charge is 0.331 e. The number of rotatable bonds is 0. The van der Waals surface area contributed by atoms with Gasteiger partial charge in [0.1, 0.15) is 5.75 Å². The topological polar surface area (TPSA) is 94.8 Å². The predicted molar refractivity (Wildman–Crippen MR) is 223 cm³/mol. The number of hydrogen-bond donors (Lipinski definition) is 3. The van der Waals surface area contributed by atoms with Crippen LogP contribution in [-0.2, 0) is 48.1 Å². The molecule has 320 valence electrons. The summed E-state index contributed by atoms with van der Waals surface area (Å²) in [6.07, 6.45) is 25.8. The molecule has 0 aliphatic heterocycles. The van der Waals surface area contributed by atoms with Crippen LogP contribution in [-0.4, -0.2) is 38.5 Å². The first kappa shape index (κ1) is 44.6. The number of fused-ring (bicyclic) bond motifs is 4. The Labute approximate surface area is 349 Å². The molecular formula is C50H55F5O5. The zero-order chi connectivity index (χ0) is 42.9. The lowest BCUT2D eigenvalue weighted by Crippen LogP contribution is -2.33. The molecule has 3 N–H and O–H groups in total. The lowest BCUT2D eigenvalue weighted by molar-refractivity contribution is -0.133. The predicted octanol–water partition coefficient (Wildman–Crippen LogP) is 12.1. The van der Waals surface area contributed by atoms with Gasteiger partial charge in [-0.15, -0.1) is 0 Å². The molecule has 5 nitrogen and oxygen atoms in total. The summed E-state index contributed by atoms with van der Waals surface area (Å²) in [6.45, 7) is 0. The minimum Gasteiger partial charge on any atom is -0.508 e. The van der Waals surface area contributed by atoms with Gasteiger partial charge in [-0.2, -0.15) is 8.78 Å². The Bertz CT molecular complexity index is 2150. The minimum atomic E-state index is -3.22. The van der Waals surface area contributed by atoms with Crippen LogP contribution in [0.25, 0.3) is 0 Å². The molecule has 0 amide bonds. The highest BCUT2D eigenvalue weighted by Gasteiger charge is 2.44. The fourth-order valence-electron chi connectivity index (χ4n) is 9.02. The average molecular weight is 831 g/mol. The van der Waals surface area contributed by atoms with Gasteiger partial charge < -0.3 is 15.3 Å². The average Bonchev–Trinajstić information content (AvgIpc) is 3.25. The zero-order valence-electron chi connectivity index (χ0n) is 34.1. The number of aromatic hydroxyl groups is 3. The fourth-order valence-corrected chi connectivity index (χ4v) is 9.02. The summed E-state index contributed by atoms with van der Waals surface area (Å²) in [6, 6.07) is 12.0. The molecule has 0 unspecified atom stereocenters. The second-order valence-electron chi connectivity index (χ2n) is 16.6. The highest BCUT2D eigenvalue weighted by atomic mass is 19.3. The summed E-state index contributed by atoms with van der Waals surface area (Å²) >= 11 is 0. The lowest BCUT2D eigenvalue weighted by atomic mass is 9.78. The summed E-state index contributed by atoms with van der Waals surface area (Å²) in [5.41, 5.74) is 6.87. The second kappa shape index (κ2) is 20.0. The maximum absolute atomic E-state index is 13.9. The van der Waals surface area contributed by atoms with Crippen LogP contribution >= 0.6 is 0 Å². The third kappa shape index (κ3) is 11.0. The normalized spacial score (nSPS) is 21.8. The van der Waals surface area contributed by atoms with E-state index < -0.39 is 29.0 Å². The van der Waals surface area contributed by atoms with Crippen LogP contribution in [0.15, 0.2) is 89.6 Å². The van der Waals surface area contributed by atoms with Crippen molar-refractivity contribution < 1.29 is 46.9 Å². The van der Waals surface area contributed by atoms with Crippen molar-refractivity contribution >= 4 is 11.6 Å². The van der Waals surface area contributed by atoms with Gasteiger partial charge in [0, 0.05) is 5.57 Å². The van der Waals surface area contributed by atoms with E-state index in [9.17, 15) is 36.6 Å². The maximum atomic E-state index is 13.9. The zero-order valence-corrected chi connectivity index (χ0v) is 34.1. The van der Waals surface area contributed by atoms with E-state index in [0.29, 0.717) is 36.2 Å². The molecule has 0 saturated heterocycles. The van der Waals surface area contributed by atoms with Gasteiger partial charge in [-0.1, -0.05) is 18.2 Å². The van der Waals surface area contributed by atoms with Gasteiger partial charge in [-0.05, 0) is 228 Å². The van der Waals surface area contributed by atoms with Crippen molar-refractivity contribution in [1.82, 2.24) is 0 Å². The molecule has 1 atom stereocenters. The van der Waals surface area contributed by atoms with Gasteiger partial charge in [0.25, 0.3) is 0 Å². The molecule has 0 heterocycles. The molecule has 7 aliphatic carbocycles. The summed E-state index contributed by atoms with van der Waals surface area (Å²) in [5.74, 6) is -5.27. The summed E-state index contributed by atoms with van der Waals surface area (Å²) in [4.78, 5) is 21.8. The Kier molecular flexibility index (Phi) is 14.9. The molecule has 0 bridgehead atoms. The van der Waals surface area contributed by atoms with Gasteiger partial charge in [-0.3, -0.25) is 9.59 Å². The molecule has 3 aromatic carbocycles. The number of alkyl halides is 3. The van der Waals surface area contributed by atoms with Gasteiger partial charge in [0.05, 0.1) is 0 Å². The van der Waals surface area contributed by atoms with Crippen molar-refractivity contribution in [2.75, 3.05) is 0 Å². The van der Waals surface area contributed by atoms with Gasteiger partial charge in [-0.25, -0.2) is 13.2 Å². The van der Waals surface area contributed by atoms with Crippen LogP contribution < -0.4 is 0 Å². The Morgan fingerprint density at radius 2 is 1.12 bits per heavy atom. The first-order chi connectivity index (χ1) is 28.7. The highest BCUT2D eigenvalue weighted by molar-refractivity contribution is 6.01. The third-order valence-electron chi connectivity index (χ3n) is 12.4. The van der Waals surface area contributed by atoms with Crippen LogP contribution in [0.5, 0.6) is 17.2 Å². The van der Waals surface area contributed by atoms with Crippen LogP contribution in [0.2, 0.25) is 0 Å². The number of hydrogen-bond acceptors (Lipinski definition) is 5. The molecule has 60 heavy (non-hydrogen) atoms. The van der Waals surface area contributed by atoms with E-state index in [1.54, 1.807) is 18.2 Å². The largest absolute Gasteiger partial charge is 0.508 e. The number of ketones is 2. The number of benzene rings is 3. The Morgan fingerprint density at radius 1 is 0.533 bits per heavy atom. The molecule has 10 rings (SSSR count). The lowest BCUT2D eigenvalue weighted by Gasteiger charge is -2.31. The SMILES string of the molecule is O=C1C=CC2=C(CCCC2)C1(F)F.O=C1C=C[C@]2(F)CCCCC2=C1.Oc1cc2c(cc1F)CCCC2.Oc1ccc2c(c1)CCCC2.Oc1ccc2c(c1F)CCCC2. The molecular weight excluding hydrogens is 776 g/mol. The van der Waals surface area contributed by atoms with Gasteiger partial charge >= 0.3 is 5.92 Å². The van der Waals surface area contributed by atoms with Crippen molar-refractivity contribution in [2.24, 2.45) is 0 Å².